The van der Waals surface area contributed by atoms with Crippen LogP contribution in [0.15, 0.2) is 0 Å². The Kier molecular flexibility index (Phi) is 3.24. The van der Waals surface area contributed by atoms with Crippen molar-refractivity contribution in [2.45, 2.75) is 47.5 Å². The second kappa shape index (κ2) is 3.24. The van der Waals surface area contributed by atoms with Gasteiger partial charge >= 0.3 is 0 Å². The second-order valence-electron chi connectivity index (χ2n) is 4.28. The van der Waals surface area contributed by atoms with Crippen LogP contribution in [-0.4, -0.2) is 0 Å². The average Bonchev–Trinajstić information content (AvgIpc) is 1.62. The molecule has 0 aromatic carbocycles. The standard InChI is InChI=1S/C9H20/c1-6-8(2)7-9(3,4)5/h8H,6-7H2,1-5H3/t8-/m0/s1. The minimum absolute atomic E-state index is 0.523. The third kappa shape index (κ3) is 5.88. The van der Waals surface area contributed by atoms with Crippen molar-refractivity contribution < 1.29 is 0 Å². The van der Waals surface area contributed by atoms with E-state index in [1.54, 1.807) is 0 Å². The van der Waals surface area contributed by atoms with Gasteiger partial charge in [-0.3, -0.25) is 0 Å². The topological polar surface area (TPSA) is 0 Å². The van der Waals surface area contributed by atoms with Crippen molar-refractivity contribution in [3.05, 3.63) is 0 Å². The lowest BCUT2D eigenvalue weighted by atomic mass is 9.84. The number of rotatable bonds is 2. The van der Waals surface area contributed by atoms with Gasteiger partial charge in [0.15, 0.2) is 0 Å². The van der Waals surface area contributed by atoms with Gasteiger partial charge in [0.1, 0.15) is 0 Å². The molecule has 0 aromatic heterocycles. The van der Waals surface area contributed by atoms with Gasteiger partial charge in [0.05, 0.1) is 0 Å². The highest BCUT2D eigenvalue weighted by Gasteiger charge is 2.13. The highest BCUT2D eigenvalue weighted by atomic mass is 14.2. The van der Waals surface area contributed by atoms with Gasteiger partial charge in [-0.25, -0.2) is 0 Å². The van der Waals surface area contributed by atoms with Gasteiger partial charge in [-0.2, -0.15) is 0 Å². The van der Waals surface area contributed by atoms with Crippen molar-refractivity contribution in [2.24, 2.45) is 11.3 Å². The van der Waals surface area contributed by atoms with Crippen LogP contribution in [0, 0.1) is 11.3 Å². The Morgan fingerprint density at radius 1 is 1.22 bits per heavy atom. The van der Waals surface area contributed by atoms with Crippen LogP contribution in [-0.2, 0) is 0 Å². The van der Waals surface area contributed by atoms with Crippen LogP contribution in [0.5, 0.6) is 0 Å². The summed E-state index contributed by atoms with van der Waals surface area (Å²) in [5.74, 6) is 0.894. The summed E-state index contributed by atoms with van der Waals surface area (Å²) in [5, 5.41) is 0. The lowest BCUT2D eigenvalue weighted by molar-refractivity contribution is 0.302. The maximum absolute atomic E-state index is 2.32. The molecule has 0 spiro atoms. The van der Waals surface area contributed by atoms with Crippen LogP contribution in [0.1, 0.15) is 47.5 Å². The van der Waals surface area contributed by atoms with Gasteiger partial charge in [0.2, 0.25) is 0 Å². The summed E-state index contributed by atoms with van der Waals surface area (Å²) in [6.45, 7) is 11.5. The minimum atomic E-state index is 0.523. The SMILES string of the molecule is CC[C@H](C)CC(C)(C)C. The van der Waals surface area contributed by atoms with Crippen molar-refractivity contribution >= 4 is 0 Å². The van der Waals surface area contributed by atoms with E-state index in [0.29, 0.717) is 5.41 Å². The molecule has 0 radical (unpaired) electrons. The molecule has 0 saturated carbocycles. The lowest BCUT2D eigenvalue weighted by Gasteiger charge is -2.21. The monoisotopic (exact) mass is 128 g/mol. The highest BCUT2D eigenvalue weighted by Crippen LogP contribution is 2.25. The average molecular weight is 128 g/mol. The molecular formula is C9H20. The van der Waals surface area contributed by atoms with Crippen LogP contribution in [0.3, 0.4) is 0 Å². The van der Waals surface area contributed by atoms with Crippen LogP contribution < -0.4 is 0 Å². The fourth-order valence-electron chi connectivity index (χ4n) is 1.19. The lowest BCUT2D eigenvalue weighted by Crippen LogP contribution is -2.09. The molecule has 0 aromatic rings. The number of hydrogen-bond acceptors (Lipinski definition) is 0. The van der Waals surface area contributed by atoms with Crippen LogP contribution in [0.4, 0.5) is 0 Å². The molecule has 0 nitrogen and oxygen atoms in total. The Balaban J connectivity index is 3.47. The van der Waals surface area contributed by atoms with E-state index in [1.807, 2.05) is 0 Å². The Morgan fingerprint density at radius 2 is 1.67 bits per heavy atom. The molecule has 0 amide bonds. The van der Waals surface area contributed by atoms with Gasteiger partial charge in [0.25, 0.3) is 0 Å². The molecule has 0 aliphatic heterocycles. The number of hydrogen-bond donors (Lipinski definition) is 0. The summed E-state index contributed by atoms with van der Waals surface area (Å²) in [6.07, 6.45) is 2.67. The van der Waals surface area contributed by atoms with E-state index in [-0.39, 0.29) is 0 Å². The van der Waals surface area contributed by atoms with Crippen LogP contribution >= 0.6 is 0 Å². The first-order valence-corrected chi connectivity index (χ1v) is 3.95. The largest absolute Gasteiger partial charge is 0.0651 e. The van der Waals surface area contributed by atoms with Gasteiger partial charge < -0.3 is 0 Å². The predicted molar refractivity (Wildman–Crippen MR) is 43.5 cm³/mol. The van der Waals surface area contributed by atoms with E-state index in [9.17, 15) is 0 Å². The van der Waals surface area contributed by atoms with Crippen molar-refractivity contribution in [2.75, 3.05) is 0 Å². The molecule has 56 valence electrons. The Hall–Kier alpha value is 0. The molecule has 0 saturated heterocycles. The molecule has 0 unspecified atom stereocenters. The minimum Gasteiger partial charge on any atom is -0.0651 e. The summed E-state index contributed by atoms with van der Waals surface area (Å²) >= 11 is 0. The molecule has 0 heterocycles. The molecule has 0 N–H and O–H groups in total. The van der Waals surface area contributed by atoms with E-state index in [4.69, 9.17) is 0 Å². The molecule has 0 bridgehead atoms. The molecular weight excluding hydrogens is 108 g/mol. The van der Waals surface area contributed by atoms with Crippen molar-refractivity contribution in [3.63, 3.8) is 0 Å². The Labute approximate surface area is 59.7 Å². The quantitative estimate of drug-likeness (QED) is 0.534. The van der Waals surface area contributed by atoms with Crippen molar-refractivity contribution in [1.29, 1.82) is 0 Å². The molecule has 0 heteroatoms. The molecule has 0 aliphatic rings. The predicted octanol–water partition coefficient (Wildman–Crippen LogP) is 3.47. The zero-order valence-electron chi connectivity index (χ0n) is 7.49. The first kappa shape index (κ1) is 9.00. The zero-order chi connectivity index (χ0) is 7.49. The fourth-order valence-corrected chi connectivity index (χ4v) is 1.19. The van der Waals surface area contributed by atoms with E-state index in [2.05, 4.69) is 34.6 Å². The Morgan fingerprint density at radius 3 is 1.78 bits per heavy atom. The molecule has 1 atom stereocenters. The Bertz CT molecular complexity index is 66.6. The van der Waals surface area contributed by atoms with E-state index in [1.165, 1.54) is 12.8 Å². The summed E-state index contributed by atoms with van der Waals surface area (Å²) in [4.78, 5) is 0. The van der Waals surface area contributed by atoms with E-state index >= 15 is 0 Å². The third-order valence-corrected chi connectivity index (χ3v) is 1.66. The maximum Gasteiger partial charge on any atom is -0.0380 e. The van der Waals surface area contributed by atoms with Crippen molar-refractivity contribution in [3.8, 4) is 0 Å². The third-order valence-electron chi connectivity index (χ3n) is 1.66. The molecule has 0 aliphatic carbocycles. The van der Waals surface area contributed by atoms with Crippen LogP contribution in [0.2, 0.25) is 0 Å². The molecule has 0 fully saturated rings. The highest BCUT2D eigenvalue weighted by molar-refractivity contribution is 4.64. The van der Waals surface area contributed by atoms with Gasteiger partial charge in [-0.15, -0.1) is 0 Å². The molecule has 0 rings (SSSR count). The summed E-state index contributed by atoms with van der Waals surface area (Å²) in [7, 11) is 0. The first-order valence-electron chi connectivity index (χ1n) is 3.95. The molecule has 9 heavy (non-hydrogen) atoms. The van der Waals surface area contributed by atoms with Crippen LogP contribution in [0.25, 0.3) is 0 Å². The summed E-state index contributed by atoms with van der Waals surface area (Å²) in [6, 6.07) is 0. The fraction of sp³-hybridized carbons (Fsp3) is 1.00. The van der Waals surface area contributed by atoms with Crippen molar-refractivity contribution in [1.82, 2.24) is 0 Å². The van der Waals surface area contributed by atoms with Gasteiger partial charge in [0, 0.05) is 0 Å². The maximum atomic E-state index is 2.32. The smallest absolute Gasteiger partial charge is 0.0380 e. The van der Waals surface area contributed by atoms with Gasteiger partial charge in [-0.1, -0.05) is 41.0 Å². The second-order valence-corrected chi connectivity index (χ2v) is 4.28. The van der Waals surface area contributed by atoms with E-state index in [0.717, 1.165) is 5.92 Å². The van der Waals surface area contributed by atoms with Gasteiger partial charge in [-0.05, 0) is 17.8 Å². The normalized spacial score (nSPS) is 15.7. The van der Waals surface area contributed by atoms with E-state index < -0.39 is 0 Å². The first-order chi connectivity index (χ1) is 3.95. The summed E-state index contributed by atoms with van der Waals surface area (Å²) < 4.78 is 0. The zero-order valence-corrected chi connectivity index (χ0v) is 7.49. The summed E-state index contributed by atoms with van der Waals surface area (Å²) in [5.41, 5.74) is 0.523.